The van der Waals surface area contributed by atoms with Crippen molar-refractivity contribution in [2.75, 3.05) is 0 Å². The van der Waals surface area contributed by atoms with Crippen LogP contribution in [0.5, 0.6) is 11.5 Å². The van der Waals surface area contributed by atoms with Gasteiger partial charge in [-0.05, 0) is 56.7 Å². The van der Waals surface area contributed by atoms with Crippen molar-refractivity contribution in [2.24, 2.45) is 5.92 Å². The van der Waals surface area contributed by atoms with Crippen LogP contribution in [0.2, 0.25) is 0 Å². The summed E-state index contributed by atoms with van der Waals surface area (Å²) in [6.07, 6.45) is 4.54. The van der Waals surface area contributed by atoms with E-state index in [1.807, 2.05) is 19.9 Å². The number of benzene rings is 1. The van der Waals surface area contributed by atoms with Crippen LogP contribution in [0.15, 0.2) is 35.9 Å². The van der Waals surface area contributed by atoms with Gasteiger partial charge >= 0.3 is 0 Å². The zero-order valence-corrected chi connectivity index (χ0v) is 12.6. The monoisotopic (exact) mass is 291 g/mol. The highest BCUT2D eigenvalue weighted by Crippen LogP contribution is 2.46. The molecule has 0 unspecified atom stereocenters. The van der Waals surface area contributed by atoms with Crippen LogP contribution >= 0.6 is 0 Å². The van der Waals surface area contributed by atoms with E-state index >= 15 is 0 Å². The number of rotatable bonds is 4. The van der Waals surface area contributed by atoms with Crippen LogP contribution in [0.25, 0.3) is 0 Å². The molecular formula is C19H26O2. The molecule has 2 rings (SSSR count). The minimum absolute atomic E-state index is 0.0733. The number of phenols is 2. The van der Waals surface area contributed by atoms with Crippen LogP contribution in [0.4, 0.5) is 0 Å². The van der Waals surface area contributed by atoms with Crippen LogP contribution < -0.4 is 0 Å². The first kappa shape index (κ1) is 10.1. The van der Waals surface area contributed by atoms with Crippen molar-refractivity contribution >= 4 is 0 Å². The Bertz CT molecular complexity index is 707. The second-order valence-electron chi connectivity index (χ2n) is 5.90. The zero-order chi connectivity index (χ0) is 19.6. The molecule has 1 aliphatic carbocycles. The molecule has 0 saturated heterocycles. The largest absolute Gasteiger partial charge is 0.507 e. The van der Waals surface area contributed by atoms with Crippen molar-refractivity contribution < 1.29 is 17.1 Å². The summed E-state index contributed by atoms with van der Waals surface area (Å²) in [4.78, 5) is 0. The summed E-state index contributed by atoms with van der Waals surface area (Å²) in [6.45, 7) is 0.648. The number of hydrogen-bond donors (Lipinski definition) is 2. The summed E-state index contributed by atoms with van der Waals surface area (Å²) in [6, 6.07) is 3.21. The topological polar surface area (TPSA) is 40.5 Å². The lowest BCUT2D eigenvalue weighted by atomic mass is 9.73. The van der Waals surface area contributed by atoms with Crippen LogP contribution in [0.1, 0.15) is 63.9 Å². The minimum atomic E-state index is -2.56. The van der Waals surface area contributed by atoms with Gasteiger partial charge in [-0.25, -0.2) is 0 Å². The van der Waals surface area contributed by atoms with Crippen LogP contribution in [-0.4, -0.2) is 10.2 Å². The van der Waals surface area contributed by atoms with Crippen molar-refractivity contribution in [3.63, 3.8) is 0 Å². The summed E-state index contributed by atoms with van der Waals surface area (Å²) in [5.41, 5.74) is 1.90. The molecule has 0 fully saturated rings. The number of allylic oxidation sites excluding steroid dienone is 3. The number of phenolic OH excluding ortho intramolecular Hbond substituents is 2. The quantitative estimate of drug-likeness (QED) is 0.761. The van der Waals surface area contributed by atoms with Crippen molar-refractivity contribution in [3.8, 4) is 11.5 Å². The van der Waals surface area contributed by atoms with E-state index in [-0.39, 0.29) is 22.6 Å². The van der Waals surface area contributed by atoms with Crippen molar-refractivity contribution in [2.45, 2.75) is 52.3 Å². The molecule has 2 nitrogen and oxygen atoms in total. The summed E-state index contributed by atoms with van der Waals surface area (Å²) in [5.74, 6) is -1.36. The molecule has 0 aromatic heterocycles. The summed E-state index contributed by atoms with van der Waals surface area (Å²) in [5, 5.41) is 21.1. The molecule has 0 spiro atoms. The molecule has 0 bridgehead atoms. The Morgan fingerprint density at radius 1 is 1.43 bits per heavy atom. The summed E-state index contributed by atoms with van der Waals surface area (Å²) >= 11 is 0. The van der Waals surface area contributed by atoms with Gasteiger partial charge in [0.05, 0.1) is 2.74 Å². The zero-order valence-electron chi connectivity index (χ0n) is 17.6. The molecule has 1 aromatic rings. The van der Waals surface area contributed by atoms with Gasteiger partial charge in [-0.3, -0.25) is 0 Å². The Hall–Kier alpha value is -1.70. The Kier molecular flexibility index (Phi) is 3.07. The molecule has 1 aliphatic rings. The van der Waals surface area contributed by atoms with E-state index < -0.39 is 25.2 Å². The Balaban J connectivity index is 2.60. The molecular weight excluding hydrogens is 260 g/mol. The van der Waals surface area contributed by atoms with E-state index in [1.54, 1.807) is 12.1 Å². The van der Waals surface area contributed by atoms with E-state index in [1.165, 1.54) is 0 Å². The Labute approximate surface area is 134 Å². The molecule has 0 radical (unpaired) electrons. The van der Waals surface area contributed by atoms with Gasteiger partial charge in [-0.1, -0.05) is 37.1 Å². The molecule has 2 heteroatoms. The van der Waals surface area contributed by atoms with Gasteiger partial charge in [0.1, 0.15) is 11.5 Å². The van der Waals surface area contributed by atoms with Gasteiger partial charge in [-0.15, -0.1) is 0 Å². The Morgan fingerprint density at radius 2 is 2.14 bits per heavy atom. The molecule has 0 saturated carbocycles. The predicted molar refractivity (Wildman–Crippen MR) is 87.8 cm³/mol. The van der Waals surface area contributed by atoms with E-state index in [4.69, 9.17) is 6.85 Å². The third-order valence-corrected chi connectivity index (χ3v) is 4.19. The first-order valence-electron chi connectivity index (χ1n) is 9.96. The molecule has 1 aromatic carbocycles. The third kappa shape index (κ3) is 3.31. The fraction of sp³-hybridized carbons (Fsp3) is 0.474. The normalized spacial score (nSPS) is 25.8. The van der Waals surface area contributed by atoms with E-state index in [0.717, 1.165) is 17.6 Å². The standard InChI is InChI=1S/C19H26O2/c1-5-6-14-10-17(20)19(18(21)11-14)16-9-13(4)7-8-15(16)12(2)3/h9-11,15-16,20-21H,2,5-8H2,1,3-4H3/t15-,16+/m0/s1/i2D2,3D3. The summed E-state index contributed by atoms with van der Waals surface area (Å²) < 4.78 is 38.6. The van der Waals surface area contributed by atoms with E-state index in [2.05, 4.69) is 0 Å². The number of aromatic hydroxyl groups is 2. The first-order valence-corrected chi connectivity index (χ1v) is 7.46. The highest BCUT2D eigenvalue weighted by atomic mass is 16.3. The van der Waals surface area contributed by atoms with Gasteiger partial charge in [0, 0.05) is 15.6 Å². The fourth-order valence-corrected chi connectivity index (χ4v) is 3.13. The molecule has 0 amide bonds. The maximum atomic E-state index is 10.5. The third-order valence-electron chi connectivity index (χ3n) is 4.19. The smallest absolute Gasteiger partial charge is 0.123 e. The Morgan fingerprint density at radius 3 is 2.71 bits per heavy atom. The van der Waals surface area contributed by atoms with Crippen molar-refractivity contribution in [1.82, 2.24) is 0 Å². The van der Waals surface area contributed by atoms with Gasteiger partial charge in [0.15, 0.2) is 0 Å². The molecule has 0 aliphatic heterocycles. The fourth-order valence-electron chi connectivity index (χ4n) is 3.13. The molecule has 2 N–H and O–H groups in total. The van der Waals surface area contributed by atoms with Crippen molar-refractivity contribution in [1.29, 1.82) is 0 Å². The lowest BCUT2D eigenvalue weighted by molar-refractivity contribution is 0.406. The van der Waals surface area contributed by atoms with Crippen LogP contribution in [0.3, 0.4) is 0 Å². The maximum absolute atomic E-state index is 10.5. The highest BCUT2D eigenvalue weighted by molar-refractivity contribution is 5.51. The molecule has 114 valence electrons. The summed E-state index contributed by atoms with van der Waals surface area (Å²) in [7, 11) is 0. The average Bonchev–Trinajstić information content (AvgIpc) is 2.47. The van der Waals surface area contributed by atoms with E-state index in [0.29, 0.717) is 19.3 Å². The van der Waals surface area contributed by atoms with Crippen LogP contribution in [-0.2, 0) is 6.42 Å². The van der Waals surface area contributed by atoms with Gasteiger partial charge in [-0.2, -0.15) is 0 Å². The molecule has 2 atom stereocenters. The van der Waals surface area contributed by atoms with Gasteiger partial charge in [0.25, 0.3) is 0 Å². The SMILES string of the molecule is [2H]C([2H])=C([C@@H]1CCC(C)=C[C@H]1c1c(O)cc(CCC)cc1O)C([2H])([2H])[2H]. The van der Waals surface area contributed by atoms with Gasteiger partial charge < -0.3 is 10.2 Å². The molecule has 0 heterocycles. The van der Waals surface area contributed by atoms with E-state index in [9.17, 15) is 10.2 Å². The second-order valence-corrected chi connectivity index (χ2v) is 5.90. The maximum Gasteiger partial charge on any atom is 0.123 e. The number of aryl methyl sites for hydroxylation is 1. The predicted octanol–water partition coefficient (Wildman–Crippen LogP) is 5.07. The lowest BCUT2D eigenvalue weighted by Gasteiger charge is -2.31. The highest BCUT2D eigenvalue weighted by Gasteiger charge is 2.29. The van der Waals surface area contributed by atoms with Crippen LogP contribution in [0, 0.1) is 5.92 Å². The van der Waals surface area contributed by atoms with Gasteiger partial charge in [0.2, 0.25) is 0 Å². The second kappa shape index (κ2) is 6.38. The minimum Gasteiger partial charge on any atom is -0.507 e. The number of hydrogen-bond acceptors (Lipinski definition) is 2. The lowest BCUT2D eigenvalue weighted by Crippen LogP contribution is -2.17. The first-order chi connectivity index (χ1) is 12.1. The van der Waals surface area contributed by atoms with Crippen molar-refractivity contribution in [3.05, 3.63) is 47.0 Å². The average molecular weight is 291 g/mol. The molecule has 21 heavy (non-hydrogen) atoms.